The molecule has 2 N–H and O–H groups in total. The third-order valence-corrected chi connectivity index (χ3v) is 4.35. The highest BCUT2D eigenvalue weighted by atomic mass is 16.3. The fourth-order valence-electron chi connectivity index (χ4n) is 3.21. The Hall–Kier alpha value is -0.940. The van der Waals surface area contributed by atoms with Crippen LogP contribution in [-0.4, -0.2) is 32.7 Å². The van der Waals surface area contributed by atoms with E-state index in [0.717, 1.165) is 37.0 Å². The second-order valence-corrected chi connectivity index (χ2v) is 6.23. The number of nitrogens with one attached hydrogen (secondary N) is 1. The van der Waals surface area contributed by atoms with Crippen molar-refractivity contribution in [2.75, 3.05) is 6.61 Å². The average molecular weight is 280 g/mol. The van der Waals surface area contributed by atoms with E-state index < -0.39 is 0 Å². The molecule has 5 nitrogen and oxygen atoms in total. The van der Waals surface area contributed by atoms with Gasteiger partial charge in [0.05, 0.1) is 5.69 Å². The van der Waals surface area contributed by atoms with Gasteiger partial charge < -0.3 is 10.4 Å². The largest absolute Gasteiger partial charge is 0.396 e. The number of hydrogen-bond acceptors (Lipinski definition) is 4. The van der Waals surface area contributed by atoms with Crippen molar-refractivity contribution in [1.82, 2.24) is 20.3 Å². The third-order valence-electron chi connectivity index (χ3n) is 4.35. The lowest BCUT2D eigenvalue weighted by Crippen LogP contribution is -2.40. The number of nitrogens with zero attached hydrogens (tertiary/aromatic N) is 3. The fraction of sp³-hybridized carbons (Fsp3) is 0.867. The number of aliphatic hydroxyl groups is 1. The van der Waals surface area contributed by atoms with Crippen molar-refractivity contribution >= 4 is 0 Å². The lowest BCUT2D eigenvalue weighted by molar-refractivity contribution is 0.204. The quantitative estimate of drug-likeness (QED) is 0.801. The molecule has 1 aromatic rings. The average Bonchev–Trinajstić information content (AvgIpc) is 2.91. The Morgan fingerprint density at radius 2 is 2.20 bits per heavy atom. The number of aliphatic hydroxyl groups excluding tert-OH is 1. The molecule has 20 heavy (non-hydrogen) atoms. The first-order valence-corrected chi connectivity index (χ1v) is 7.94. The van der Waals surface area contributed by atoms with Crippen LogP contribution in [0.3, 0.4) is 0 Å². The zero-order valence-corrected chi connectivity index (χ0v) is 12.8. The summed E-state index contributed by atoms with van der Waals surface area (Å²) in [4.78, 5) is 0. The molecule has 1 aromatic heterocycles. The number of aromatic nitrogens is 3. The molecule has 0 aliphatic heterocycles. The molecule has 0 amide bonds. The molecule has 1 aliphatic carbocycles. The summed E-state index contributed by atoms with van der Waals surface area (Å²) >= 11 is 0. The van der Waals surface area contributed by atoms with Gasteiger partial charge in [0, 0.05) is 31.9 Å². The van der Waals surface area contributed by atoms with Crippen molar-refractivity contribution in [3.63, 3.8) is 0 Å². The first kappa shape index (κ1) is 15.4. The zero-order valence-electron chi connectivity index (χ0n) is 12.8. The van der Waals surface area contributed by atoms with Crippen LogP contribution >= 0.6 is 0 Å². The van der Waals surface area contributed by atoms with Crippen LogP contribution in [0, 0.1) is 11.8 Å². The van der Waals surface area contributed by atoms with Crippen LogP contribution < -0.4 is 5.32 Å². The van der Waals surface area contributed by atoms with E-state index in [1.54, 1.807) is 0 Å². The van der Waals surface area contributed by atoms with Crippen molar-refractivity contribution in [1.29, 1.82) is 0 Å². The van der Waals surface area contributed by atoms with Crippen molar-refractivity contribution in [2.24, 2.45) is 11.8 Å². The molecule has 0 radical (unpaired) electrons. The molecule has 0 bridgehead atoms. The summed E-state index contributed by atoms with van der Waals surface area (Å²) in [5.41, 5.74) is 0.996. The van der Waals surface area contributed by atoms with Crippen LogP contribution in [-0.2, 0) is 13.1 Å². The van der Waals surface area contributed by atoms with Gasteiger partial charge in [-0.15, -0.1) is 5.10 Å². The van der Waals surface area contributed by atoms with E-state index in [4.69, 9.17) is 5.11 Å². The lowest BCUT2D eigenvalue weighted by Gasteiger charge is -2.34. The van der Waals surface area contributed by atoms with E-state index in [0.29, 0.717) is 6.04 Å². The minimum Gasteiger partial charge on any atom is -0.396 e. The predicted molar refractivity (Wildman–Crippen MR) is 79.1 cm³/mol. The Bertz CT molecular complexity index is 391. The van der Waals surface area contributed by atoms with Crippen LogP contribution in [0.1, 0.15) is 51.6 Å². The van der Waals surface area contributed by atoms with E-state index in [-0.39, 0.29) is 6.61 Å². The molecular formula is C15H28N4O. The van der Waals surface area contributed by atoms with E-state index in [9.17, 15) is 0 Å². The normalized spacial score (nSPS) is 23.4. The standard InChI is InChI=1S/C15H28N4O/c1-12(2)14-6-3-4-7-15(14)16-10-13-11-19(18-17-13)8-5-9-20/h11-12,14-16,20H,3-10H2,1-2H3. The molecule has 0 aromatic carbocycles. The van der Waals surface area contributed by atoms with Gasteiger partial charge in [-0.2, -0.15) is 0 Å². The second-order valence-electron chi connectivity index (χ2n) is 6.23. The number of aryl methyl sites for hydroxylation is 1. The first-order valence-electron chi connectivity index (χ1n) is 7.94. The lowest BCUT2D eigenvalue weighted by atomic mass is 9.78. The highest BCUT2D eigenvalue weighted by Gasteiger charge is 2.27. The van der Waals surface area contributed by atoms with Gasteiger partial charge in [0.25, 0.3) is 0 Å². The molecule has 114 valence electrons. The van der Waals surface area contributed by atoms with Crippen LogP contribution in [0.15, 0.2) is 6.20 Å². The van der Waals surface area contributed by atoms with Crippen LogP contribution in [0.5, 0.6) is 0 Å². The Morgan fingerprint density at radius 1 is 1.40 bits per heavy atom. The Kier molecular flexibility index (Phi) is 5.98. The molecule has 2 unspecified atom stereocenters. The smallest absolute Gasteiger partial charge is 0.0964 e. The first-order chi connectivity index (χ1) is 9.70. The second kappa shape index (κ2) is 7.74. The van der Waals surface area contributed by atoms with Crippen molar-refractivity contribution in [3.8, 4) is 0 Å². The topological polar surface area (TPSA) is 63.0 Å². The maximum absolute atomic E-state index is 8.82. The van der Waals surface area contributed by atoms with E-state index >= 15 is 0 Å². The summed E-state index contributed by atoms with van der Waals surface area (Å²) in [6.45, 7) is 6.39. The van der Waals surface area contributed by atoms with Gasteiger partial charge in [0.1, 0.15) is 0 Å². The highest BCUT2D eigenvalue weighted by molar-refractivity contribution is 4.93. The third kappa shape index (κ3) is 4.28. The van der Waals surface area contributed by atoms with Gasteiger partial charge in [-0.1, -0.05) is 31.9 Å². The molecule has 1 fully saturated rings. The summed E-state index contributed by atoms with van der Waals surface area (Å²) in [6.07, 6.45) is 8.05. The highest BCUT2D eigenvalue weighted by Crippen LogP contribution is 2.30. The maximum atomic E-state index is 8.82. The summed E-state index contributed by atoms with van der Waals surface area (Å²) in [5, 5.41) is 20.8. The van der Waals surface area contributed by atoms with Gasteiger partial charge in [0.15, 0.2) is 0 Å². The summed E-state index contributed by atoms with van der Waals surface area (Å²) in [7, 11) is 0. The van der Waals surface area contributed by atoms with Gasteiger partial charge in [-0.3, -0.25) is 4.68 Å². The number of rotatable bonds is 7. The molecule has 5 heteroatoms. The van der Waals surface area contributed by atoms with Gasteiger partial charge in [-0.05, 0) is 31.1 Å². The predicted octanol–water partition coefficient (Wildman–Crippen LogP) is 1.96. The minimum atomic E-state index is 0.200. The van der Waals surface area contributed by atoms with Gasteiger partial charge >= 0.3 is 0 Å². The SMILES string of the molecule is CC(C)C1CCCCC1NCc1cn(CCCO)nn1. The Morgan fingerprint density at radius 3 is 2.95 bits per heavy atom. The zero-order chi connectivity index (χ0) is 14.4. The Labute approximate surface area is 121 Å². The molecule has 2 atom stereocenters. The van der Waals surface area contributed by atoms with Crippen LogP contribution in [0.4, 0.5) is 0 Å². The van der Waals surface area contributed by atoms with E-state index in [1.807, 2.05) is 10.9 Å². The van der Waals surface area contributed by atoms with Gasteiger partial charge in [0.2, 0.25) is 0 Å². The molecule has 1 saturated carbocycles. The maximum Gasteiger partial charge on any atom is 0.0964 e. The molecule has 0 saturated heterocycles. The fourth-order valence-corrected chi connectivity index (χ4v) is 3.21. The van der Waals surface area contributed by atoms with Crippen molar-refractivity contribution < 1.29 is 5.11 Å². The van der Waals surface area contributed by atoms with Crippen LogP contribution in [0.25, 0.3) is 0 Å². The molecule has 2 rings (SSSR count). The van der Waals surface area contributed by atoms with E-state index in [1.165, 1.54) is 25.7 Å². The van der Waals surface area contributed by atoms with Crippen molar-refractivity contribution in [2.45, 2.75) is 65.1 Å². The van der Waals surface area contributed by atoms with Crippen LogP contribution in [0.2, 0.25) is 0 Å². The number of hydrogen-bond donors (Lipinski definition) is 2. The van der Waals surface area contributed by atoms with Crippen molar-refractivity contribution in [3.05, 3.63) is 11.9 Å². The molecule has 1 heterocycles. The molecule has 0 spiro atoms. The van der Waals surface area contributed by atoms with Gasteiger partial charge in [-0.25, -0.2) is 0 Å². The van der Waals surface area contributed by atoms with E-state index in [2.05, 4.69) is 29.5 Å². The molecule has 1 aliphatic rings. The monoisotopic (exact) mass is 280 g/mol. The summed E-state index contributed by atoms with van der Waals surface area (Å²) in [5.74, 6) is 1.53. The minimum absolute atomic E-state index is 0.200. The summed E-state index contributed by atoms with van der Waals surface area (Å²) in [6, 6.07) is 0.617. The summed E-state index contributed by atoms with van der Waals surface area (Å²) < 4.78 is 1.81. The Balaban J connectivity index is 1.82. The molecular weight excluding hydrogens is 252 g/mol.